The van der Waals surface area contributed by atoms with Gasteiger partial charge in [-0.05, 0) is 36.2 Å². The van der Waals surface area contributed by atoms with Crippen LogP contribution in [0.2, 0.25) is 0 Å². The summed E-state index contributed by atoms with van der Waals surface area (Å²) in [6, 6.07) is 7.29. The molecule has 0 saturated heterocycles. The van der Waals surface area contributed by atoms with E-state index in [-0.39, 0.29) is 31.6 Å². The number of hydrogen-bond donors (Lipinski definition) is 2. The number of benzene rings is 2. The van der Waals surface area contributed by atoms with E-state index >= 15 is 0 Å². The number of rotatable bonds is 9. The van der Waals surface area contributed by atoms with Crippen LogP contribution >= 0.6 is 0 Å². The summed E-state index contributed by atoms with van der Waals surface area (Å²) in [5.74, 6) is -3.67. The Hall–Kier alpha value is -3.03. The number of aliphatic carboxylic acids is 1. The maximum Gasteiger partial charge on any atom is 0.305 e. The molecule has 0 aliphatic rings. The first kappa shape index (κ1) is 20.3. The molecule has 0 radical (unpaired) electrons. The van der Waals surface area contributed by atoms with Crippen LogP contribution in [0, 0.1) is 17.5 Å². The molecule has 5 nitrogen and oxygen atoms in total. The average molecular weight is 381 g/mol. The molecule has 1 amide bonds. The summed E-state index contributed by atoms with van der Waals surface area (Å²) in [7, 11) is 0. The van der Waals surface area contributed by atoms with Crippen LogP contribution in [0.1, 0.15) is 30.9 Å². The van der Waals surface area contributed by atoms with Crippen molar-refractivity contribution in [2.45, 2.75) is 25.3 Å². The van der Waals surface area contributed by atoms with Gasteiger partial charge in [0.05, 0.1) is 19.1 Å². The third-order valence-corrected chi connectivity index (χ3v) is 3.69. The Labute approximate surface area is 153 Å². The van der Waals surface area contributed by atoms with E-state index in [2.05, 4.69) is 5.32 Å². The lowest BCUT2D eigenvalue weighted by Crippen LogP contribution is -2.30. The van der Waals surface area contributed by atoms with E-state index in [1.54, 1.807) is 0 Å². The molecule has 2 N–H and O–H groups in total. The first-order valence-electron chi connectivity index (χ1n) is 8.19. The SMILES string of the molecule is O=C(O)CC(NC(=O)CCCOc1ccc(F)cc1F)c1ccc(F)cc1. The van der Waals surface area contributed by atoms with Crippen LogP contribution in [-0.2, 0) is 9.59 Å². The highest BCUT2D eigenvalue weighted by Crippen LogP contribution is 2.19. The number of carboxylic acids is 1. The van der Waals surface area contributed by atoms with E-state index in [1.165, 1.54) is 24.3 Å². The number of ether oxygens (including phenoxy) is 1. The number of carbonyl (C=O) groups excluding carboxylic acids is 1. The van der Waals surface area contributed by atoms with E-state index in [1.807, 2.05) is 0 Å². The maximum atomic E-state index is 13.4. The molecular formula is C19H18F3NO4. The second kappa shape index (κ2) is 9.61. The van der Waals surface area contributed by atoms with E-state index in [9.17, 15) is 22.8 Å². The van der Waals surface area contributed by atoms with Gasteiger partial charge in [-0.1, -0.05) is 12.1 Å². The van der Waals surface area contributed by atoms with Crippen molar-refractivity contribution in [2.24, 2.45) is 0 Å². The van der Waals surface area contributed by atoms with E-state index < -0.39 is 35.4 Å². The third-order valence-electron chi connectivity index (χ3n) is 3.69. The highest BCUT2D eigenvalue weighted by molar-refractivity contribution is 5.77. The fourth-order valence-corrected chi connectivity index (χ4v) is 2.40. The van der Waals surface area contributed by atoms with Crippen molar-refractivity contribution in [1.29, 1.82) is 0 Å². The molecule has 0 bridgehead atoms. The Bertz CT molecular complexity index is 796. The average Bonchev–Trinajstić information content (AvgIpc) is 2.60. The van der Waals surface area contributed by atoms with Gasteiger partial charge in [0, 0.05) is 12.5 Å². The van der Waals surface area contributed by atoms with Crippen LogP contribution in [0.3, 0.4) is 0 Å². The largest absolute Gasteiger partial charge is 0.491 e. The zero-order valence-corrected chi connectivity index (χ0v) is 14.3. The molecule has 0 heterocycles. The number of nitrogens with one attached hydrogen (secondary N) is 1. The minimum absolute atomic E-state index is 0.0140. The second-order valence-electron chi connectivity index (χ2n) is 5.80. The summed E-state index contributed by atoms with van der Waals surface area (Å²) < 4.78 is 44.4. The van der Waals surface area contributed by atoms with Gasteiger partial charge in [0.15, 0.2) is 11.6 Å². The molecule has 27 heavy (non-hydrogen) atoms. The first-order chi connectivity index (χ1) is 12.8. The summed E-state index contributed by atoms with van der Waals surface area (Å²) in [6.07, 6.45) is -0.0966. The van der Waals surface area contributed by atoms with Gasteiger partial charge in [-0.25, -0.2) is 13.2 Å². The quantitative estimate of drug-likeness (QED) is 0.651. The smallest absolute Gasteiger partial charge is 0.305 e. The molecule has 1 unspecified atom stereocenters. The molecule has 1 atom stereocenters. The normalized spacial score (nSPS) is 11.7. The van der Waals surface area contributed by atoms with Crippen molar-refractivity contribution in [2.75, 3.05) is 6.61 Å². The van der Waals surface area contributed by atoms with Crippen LogP contribution in [0.5, 0.6) is 5.75 Å². The predicted octanol–water partition coefficient (Wildman–Crippen LogP) is 3.60. The summed E-state index contributed by atoms with van der Waals surface area (Å²) in [5, 5.41) is 11.6. The minimum Gasteiger partial charge on any atom is -0.491 e. The monoisotopic (exact) mass is 381 g/mol. The van der Waals surface area contributed by atoms with E-state index in [0.717, 1.165) is 12.1 Å². The van der Waals surface area contributed by atoms with Gasteiger partial charge in [-0.3, -0.25) is 9.59 Å². The Kier molecular flexibility index (Phi) is 7.22. The molecule has 2 rings (SSSR count). The van der Waals surface area contributed by atoms with Gasteiger partial charge in [-0.15, -0.1) is 0 Å². The molecular weight excluding hydrogens is 363 g/mol. The van der Waals surface area contributed by atoms with Crippen molar-refractivity contribution in [3.8, 4) is 5.75 Å². The summed E-state index contributed by atoms with van der Waals surface area (Å²) in [6.45, 7) is 0.0239. The van der Waals surface area contributed by atoms with Crippen LogP contribution in [0.15, 0.2) is 42.5 Å². The maximum absolute atomic E-state index is 13.4. The van der Waals surface area contributed by atoms with Gasteiger partial charge in [0.2, 0.25) is 5.91 Å². The highest BCUT2D eigenvalue weighted by Gasteiger charge is 2.18. The Morgan fingerprint density at radius 3 is 2.33 bits per heavy atom. The number of halogens is 3. The topological polar surface area (TPSA) is 75.6 Å². The van der Waals surface area contributed by atoms with Crippen LogP contribution < -0.4 is 10.1 Å². The lowest BCUT2D eigenvalue weighted by atomic mass is 10.0. The standard InChI is InChI=1S/C19H18F3NO4/c20-13-5-3-12(4-6-13)16(11-19(25)26)23-18(24)2-1-9-27-17-8-7-14(21)10-15(17)22/h3-8,10,16H,1-2,9,11H2,(H,23,24)(H,25,26). The predicted molar refractivity (Wildman–Crippen MR) is 90.6 cm³/mol. The molecule has 8 heteroatoms. The number of carbonyl (C=O) groups is 2. The lowest BCUT2D eigenvalue weighted by molar-refractivity contribution is -0.137. The fraction of sp³-hybridized carbons (Fsp3) is 0.263. The number of carboxylic acid groups (broad SMARTS) is 1. The third kappa shape index (κ3) is 6.65. The van der Waals surface area contributed by atoms with Crippen LogP contribution in [-0.4, -0.2) is 23.6 Å². The van der Waals surface area contributed by atoms with Crippen molar-refractivity contribution in [3.05, 3.63) is 65.5 Å². The molecule has 2 aromatic carbocycles. The molecule has 0 aromatic heterocycles. The molecule has 0 aliphatic heterocycles. The van der Waals surface area contributed by atoms with Gasteiger partial charge >= 0.3 is 5.97 Å². The Morgan fingerprint density at radius 1 is 1.04 bits per heavy atom. The first-order valence-corrected chi connectivity index (χ1v) is 8.19. The summed E-state index contributed by atoms with van der Waals surface area (Å²) >= 11 is 0. The lowest BCUT2D eigenvalue weighted by Gasteiger charge is -2.17. The van der Waals surface area contributed by atoms with Gasteiger partial charge < -0.3 is 15.2 Å². The zero-order valence-electron chi connectivity index (χ0n) is 14.3. The highest BCUT2D eigenvalue weighted by atomic mass is 19.1. The van der Waals surface area contributed by atoms with Gasteiger partial charge in [0.25, 0.3) is 0 Å². The molecule has 144 valence electrons. The molecule has 0 aliphatic carbocycles. The van der Waals surface area contributed by atoms with Crippen molar-refractivity contribution in [3.63, 3.8) is 0 Å². The van der Waals surface area contributed by atoms with Gasteiger partial charge in [-0.2, -0.15) is 0 Å². The van der Waals surface area contributed by atoms with E-state index in [0.29, 0.717) is 11.6 Å². The Balaban J connectivity index is 1.84. The second-order valence-corrected chi connectivity index (χ2v) is 5.80. The zero-order chi connectivity index (χ0) is 19.8. The molecule has 0 saturated carbocycles. The Morgan fingerprint density at radius 2 is 1.70 bits per heavy atom. The molecule has 0 spiro atoms. The number of amides is 1. The molecule has 2 aromatic rings. The van der Waals surface area contributed by atoms with Crippen molar-refractivity contribution < 1.29 is 32.6 Å². The van der Waals surface area contributed by atoms with E-state index in [4.69, 9.17) is 9.84 Å². The van der Waals surface area contributed by atoms with Crippen LogP contribution in [0.25, 0.3) is 0 Å². The minimum atomic E-state index is -1.11. The number of hydrogen-bond acceptors (Lipinski definition) is 3. The summed E-state index contributed by atoms with van der Waals surface area (Å²) in [5.41, 5.74) is 0.469. The van der Waals surface area contributed by atoms with Crippen molar-refractivity contribution in [1.82, 2.24) is 5.32 Å². The van der Waals surface area contributed by atoms with Crippen molar-refractivity contribution >= 4 is 11.9 Å². The summed E-state index contributed by atoms with van der Waals surface area (Å²) in [4.78, 5) is 23.0. The van der Waals surface area contributed by atoms with Gasteiger partial charge in [0.1, 0.15) is 11.6 Å². The fourth-order valence-electron chi connectivity index (χ4n) is 2.40. The van der Waals surface area contributed by atoms with Crippen LogP contribution in [0.4, 0.5) is 13.2 Å². The molecule has 0 fully saturated rings.